The summed E-state index contributed by atoms with van der Waals surface area (Å²) in [5.74, 6) is 0.834. The van der Waals surface area contributed by atoms with Crippen LogP contribution < -0.4 is 20.1 Å². The Balaban J connectivity index is 1.44. The van der Waals surface area contributed by atoms with Gasteiger partial charge in [0.25, 0.3) is 5.91 Å². The Morgan fingerprint density at radius 2 is 1.71 bits per heavy atom. The number of rotatable bonds is 14. The second kappa shape index (κ2) is 17.0. The molecule has 0 bridgehead atoms. The fraction of sp³-hybridized carbons (Fsp3) is 0.462. The van der Waals surface area contributed by atoms with Gasteiger partial charge in [0.05, 0.1) is 6.07 Å². The van der Waals surface area contributed by atoms with Crippen LogP contribution in [-0.4, -0.2) is 68.6 Å². The smallest absolute Gasteiger partial charge is 0.254 e. The Kier molecular flexibility index (Phi) is 12.3. The van der Waals surface area contributed by atoms with E-state index in [-0.39, 0.29) is 17.9 Å². The van der Waals surface area contributed by atoms with E-state index < -0.39 is 0 Å². The summed E-state index contributed by atoms with van der Waals surface area (Å²) in [6, 6.07) is 20.8. The zero-order valence-corrected chi connectivity index (χ0v) is 29.5. The minimum absolute atomic E-state index is 0.00187. The molecule has 2 aromatic carbocycles. The number of likely N-dealkylation sites (tertiary alicyclic amines) is 1. The highest BCUT2D eigenvalue weighted by Crippen LogP contribution is 2.42. The molecular formula is C39H50N7O3+. The van der Waals surface area contributed by atoms with Crippen molar-refractivity contribution in [3.05, 3.63) is 82.0 Å². The normalized spacial score (nSPS) is 13.3. The second-order valence-electron chi connectivity index (χ2n) is 12.6. The maximum Gasteiger partial charge on any atom is 0.254 e. The number of unbranched alkanes of at least 4 members (excludes halogenated alkanes) is 2. The molecule has 1 fully saturated rings. The van der Waals surface area contributed by atoms with Gasteiger partial charge in [0, 0.05) is 90.0 Å². The van der Waals surface area contributed by atoms with Crippen molar-refractivity contribution in [2.24, 2.45) is 5.11 Å². The number of benzene rings is 3. The topological polar surface area (TPSA) is 118 Å². The van der Waals surface area contributed by atoms with E-state index in [0.717, 1.165) is 103 Å². The minimum Gasteiger partial charge on any atom is -0.456 e. The van der Waals surface area contributed by atoms with E-state index in [1.54, 1.807) is 0 Å². The molecule has 258 valence electrons. The van der Waals surface area contributed by atoms with Crippen molar-refractivity contribution in [2.75, 3.05) is 50.7 Å². The molecule has 0 aromatic heterocycles. The Labute approximate surface area is 289 Å². The summed E-state index contributed by atoms with van der Waals surface area (Å²) in [5.41, 5.74) is 13.8. The van der Waals surface area contributed by atoms with Gasteiger partial charge in [-0.15, -0.1) is 0 Å². The average molecular weight is 665 g/mol. The highest BCUT2D eigenvalue weighted by atomic mass is 16.3. The number of carbonyl (C=O) groups excluding carboxylic acids is 2. The van der Waals surface area contributed by atoms with E-state index in [2.05, 4.69) is 95.0 Å². The van der Waals surface area contributed by atoms with Gasteiger partial charge >= 0.3 is 0 Å². The van der Waals surface area contributed by atoms with E-state index in [4.69, 9.17) is 9.95 Å². The predicted octanol–water partition coefficient (Wildman–Crippen LogP) is 7.45. The van der Waals surface area contributed by atoms with Crippen LogP contribution in [-0.2, 0) is 4.79 Å². The van der Waals surface area contributed by atoms with Gasteiger partial charge in [-0.1, -0.05) is 29.7 Å². The van der Waals surface area contributed by atoms with Gasteiger partial charge < -0.3 is 19.5 Å². The van der Waals surface area contributed by atoms with Crippen molar-refractivity contribution in [2.45, 2.75) is 72.3 Å². The van der Waals surface area contributed by atoms with Crippen molar-refractivity contribution in [3.8, 4) is 22.5 Å². The summed E-state index contributed by atoms with van der Waals surface area (Å²) in [5, 5.41) is 8.79. The summed E-state index contributed by atoms with van der Waals surface area (Å²) >= 11 is 0. The molecule has 3 aliphatic rings. The lowest BCUT2D eigenvalue weighted by Crippen LogP contribution is -2.46. The molecule has 0 spiro atoms. The first-order valence-electron chi connectivity index (χ1n) is 17.9. The zero-order valence-electron chi connectivity index (χ0n) is 29.5. The third-order valence-electron chi connectivity index (χ3n) is 9.75. The fourth-order valence-corrected chi connectivity index (χ4v) is 7.00. The molecule has 2 amide bonds. The number of nitrogens with one attached hydrogen (secondary N) is 1. The summed E-state index contributed by atoms with van der Waals surface area (Å²) < 4.78 is 8.98. The molecule has 10 heteroatoms. The SMILES string of the molecule is CCN(CC)c1ccc2c(-c3ccccc3C(=O)N3CCC(NC(=O)CCCCCN=[N+]=[N-])CC3)c3ccc(=[N+](CC)CC)cc-3oc2c1. The van der Waals surface area contributed by atoms with E-state index in [1.807, 2.05) is 23.1 Å². The molecular weight excluding hydrogens is 614 g/mol. The molecule has 49 heavy (non-hydrogen) atoms. The third-order valence-corrected chi connectivity index (χ3v) is 9.75. The molecule has 1 saturated heterocycles. The highest BCUT2D eigenvalue weighted by molar-refractivity contribution is 6.09. The lowest BCUT2D eigenvalue weighted by Gasteiger charge is -2.33. The van der Waals surface area contributed by atoms with Gasteiger partial charge in [0.2, 0.25) is 11.3 Å². The summed E-state index contributed by atoms with van der Waals surface area (Å²) in [6.07, 6.45) is 4.31. The van der Waals surface area contributed by atoms with Crippen molar-refractivity contribution < 1.29 is 14.0 Å². The standard InChI is InChI=1S/C39H49N7O3/c1-5-44(6-2)29-17-19-33-35(26-29)49-36-27-30(45(7-3)8-4)18-20-34(36)38(33)31-14-11-12-15-32(31)39(48)46-24-21-28(22-25-46)42-37(47)16-10-9-13-23-41-43-40/h11-12,14-15,17-20,26-28H,5-10,13,16,21-25H2,1-4H3/p+1. The fourth-order valence-electron chi connectivity index (χ4n) is 7.00. The molecule has 0 radical (unpaired) electrons. The van der Waals surface area contributed by atoms with Crippen molar-refractivity contribution >= 4 is 28.5 Å². The number of hydrogen-bond donors (Lipinski definition) is 1. The first-order chi connectivity index (χ1) is 23.9. The van der Waals surface area contributed by atoms with Crippen LogP contribution in [0.5, 0.6) is 0 Å². The van der Waals surface area contributed by atoms with Gasteiger partial charge in [0.1, 0.15) is 24.4 Å². The molecule has 0 atom stereocenters. The lowest BCUT2D eigenvalue weighted by atomic mass is 9.90. The molecule has 5 rings (SSSR count). The van der Waals surface area contributed by atoms with Crippen LogP contribution in [0, 0.1) is 0 Å². The maximum atomic E-state index is 14.3. The van der Waals surface area contributed by atoms with E-state index in [9.17, 15) is 9.59 Å². The number of azide groups is 1. The van der Waals surface area contributed by atoms with Gasteiger partial charge in [-0.25, -0.2) is 4.58 Å². The first kappa shape index (κ1) is 35.5. The number of amides is 2. The quantitative estimate of drug-likeness (QED) is 0.0376. The van der Waals surface area contributed by atoms with Crippen LogP contribution in [0.25, 0.3) is 43.9 Å². The van der Waals surface area contributed by atoms with Crippen LogP contribution in [0.1, 0.15) is 76.6 Å². The average Bonchev–Trinajstić information content (AvgIpc) is 3.13. The number of fused-ring (bicyclic) bond motifs is 2. The molecule has 0 saturated carbocycles. The molecule has 1 N–H and O–H groups in total. The van der Waals surface area contributed by atoms with Crippen molar-refractivity contribution in [3.63, 3.8) is 0 Å². The first-order valence-corrected chi connectivity index (χ1v) is 17.9. The van der Waals surface area contributed by atoms with Crippen LogP contribution in [0.2, 0.25) is 0 Å². The minimum atomic E-state index is 0.00187. The molecule has 2 aliphatic heterocycles. The Morgan fingerprint density at radius 1 is 0.959 bits per heavy atom. The number of nitrogens with zero attached hydrogens (tertiary/aromatic N) is 6. The van der Waals surface area contributed by atoms with Crippen molar-refractivity contribution in [1.29, 1.82) is 0 Å². The molecule has 10 nitrogen and oxygen atoms in total. The second-order valence-corrected chi connectivity index (χ2v) is 12.6. The van der Waals surface area contributed by atoms with Crippen molar-refractivity contribution in [1.82, 2.24) is 14.8 Å². The van der Waals surface area contributed by atoms with Gasteiger partial charge in [0.15, 0.2) is 0 Å². The largest absolute Gasteiger partial charge is 0.456 e. The summed E-state index contributed by atoms with van der Waals surface area (Å²) in [6.45, 7) is 13.8. The molecule has 2 heterocycles. The Hall–Kier alpha value is -4.82. The number of carbonyl (C=O) groups is 2. The van der Waals surface area contributed by atoms with Gasteiger partial charge in [-0.3, -0.25) is 9.59 Å². The van der Waals surface area contributed by atoms with E-state index in [0.29, 0.717) is 31.6 Å². The van der Waals surface area contributed by atoms with Crippen LogP contribution >= 0.6 is 0 Å². The molecule has 1 aliphatic carbocycles. The lowest BCUT2D eigenvalue weighted by molar-refractivity contribution is -0.122. The highest BCUT2D eigenvalue weighted by Gasteiger charge is 2.28. The van der Waals surface area contributed by atoms with Gasteiger partial charge in [-0.05, 0) is 88.7 Å². The number of anilines is 1. The molecule has 2 aromatic rings. The van der Waals surface area contributed by atoms with Crippen LogP contribution in [0.4, 0.5) is 5.69 Å². The van der Waals surface area contributed by atoms with E-state index in [1.165, 1.54) is 0 Å². The van der Waals surface area contributed by atoms with Crippen LogP contribution in [0.3, 0.4) is 0 Å². The summed E-state index contributed by atoms with van der Waals surface area (Å²) in [7, 11) is 0. The molecule has 0 unspecified atom stereocenters. The zero-order chi connectivity index (χ0) is 34.8. The third kappa shape index (κ3) is 8.26. The van der Waals surface area contributed by atoms with E-state index >= 15 is 0 Å². The van der Waals surface area contributed by atoms with Crippen LogP contribution in [0.15, 0.2) is 70.2 Å². The van der Waals surface area contributed by atoms with Gasteiger partial charge in [-0.2, -0.15) is 0 Å². The number of hydrogen-bond acceptors (Lipinski definition) is 5. The summed E-state index contributed by atoms with van der Waals surface area (Å²) in [4.78, 5) is 33.8. The maximum absolute atomic E-state index is 14.3. The Bertz CT molecular complexity index is 1840. The predicted molar refractivity (Wildman–Crippen MR) is 198 cm³/mol. The Morgan fingerprint density at radius 3 is 2.43 bits per heavy atom. The number of piperidine rings is 1. The monoisotopic (exact) mass is 664 g/mol.